The molecule has 1 saturated carbocycles. The van der Waals surface area contributed by atoms with E-state index in [1.807, 2.05) is 0 Å². The van der Waals surface area contributed by atoms with Gasteiger partial charge in [0.1, 0.15) is 47.0 Å². The molecule has 0 spiro atoms. The average Bonchev–Trinajstić information content (AvgIpc) is 2.77. The minimum Gasteiger partial charge on any atom is -0.473 e. The molecule has 1 amide bonds. The molecule has 7 nitrogen and oxygen atoms in total. The zero-order valence-electron chi connectivity index (χ0n) is 16.9. The summed E-state index contributed by atoms with van der Waals surface area (Å²) in [4.78, 5) is 24.6. The topological polar surface area (TPSA) is 103 Å². The van der Waals surface area contributed by atoms with Gasteiger partial charge in [-0.25, -0.2) is 23.1 Å². The van der Waals surface area contributed by atoms with Crippen molar-refractivity contribution in [3.8, 4) is 17.1 Å². The van der Waals surface area contributed by atoms with Gasteiger partial charge in [-0.1, -0.05) is 6.07 Å². The second-order valence-electron chi connectivity index (χ2n) is 7.47. The van der Waals surface area contributed by atoms with E-state index in [4.69, 9.17) is 10.5 Å². The Morgan fingerprint density at radius 3 is 2.47 bits per heavy atom. The average molecular weight is 443 g/mol. The van der Waals surface area contributed by atoms with Gasteiger partial charge < -0.3 is 15.8 Å². The summed E-state index contributed by atoms with van der Waals surface area (Å²) in [5.74, 6) is -3.51. The molecule has 2 aromatic heterocycles. The third-order valence-electron chi connectivity index (χ3n) is 5.20. The van der Waals surface area contributed by atoms with Gasteiger partial charge in [-0.05, 0) is 49.9 Å². The van der Waals surface area contributed by atoms with E-state index in [1.165, 1.54) is 12.5 Å². The molecule has 0 bridgehead atoms. The van der Waals surface area contributed by atoms with Crippen LogP contribution in [0, 0.1) is 17.5 Å². The minimum atomic E-state index is -0.992. The summed E-state index contributed by atoms with van der Waals surface area (Å²) in [5.41, 5.74) is 4.60. The third kappa shape index (κ3) is 4.70. The fourth-order valence-corrected chi connectivity index (χ4v) is 3.52. The number of benzene rings is 1. The molecule has 166 valence electrons. The number of nitrogens with one attached hydrogen (secondary N) is 1. The van der Waals surface area contributed by atoms with Crippen LogP contribution in [0.15, 0.2) is 42.9 Å². The van der Waals surface area contributed by atoms with Gasteiger partial charge in [0.15, 0.2) is 0 Å². The molecular formula is C22H20F3N5O2. The van der Waals surface area contributed by atoms with Crippen molar-refractivity contribution in [2.75, 3.05) is 5.32 Å². The third-order valence-corrected chi connectivity index (χ3v) is 5.20. The molecule has 1 aliphatic rings. The summed E-state index contributed by atoms with van der Waals surface area (Å²) in [6.07, 6.45) is 5.72. The first-order chi connectivity index (χ1) is 15.4. The number of carbonyl (C=O) groups is 1. The predicted octanol–water partition coefficient (Wildman–Crippen LogP) is 3.86. The number of ether oxygens (including phenoxy) is 1. The van der Waals surface area contributed by atoms with E-state index in [0.717, 1.165) is 56.0 Å². The largest absolute Gasteiger partial charge is 0.473 e. The SMILES string of the molecule is N[C@H]1CC[C@H](Oc2ncncc2NC(=O)c2ccc(F)c(-c3c(F)cccc3F)n2)CC1. The Labute approximate surface area is 181 Å². The molecule has 0 saturated heterocycles. The lowest BCUT2D eigenvalue weighted by atomic mass is 9.94. The number of nitrogens with two attached hydrogens (primary N) is 1. The number of aromatic nitrogens is 3. The number of amides is 1. The van der Waals surface area contributed by atoms with Crippen LogP contribution in [-0.2, 0) is 0 Å². The van der Waals surface area contributed by atoms with Gasteiger partial charge in [-0.3, -0.25) is 4.79 Å². The number of carbonyl (C=O) groups excluding carboxylic acids is 1. The first-order valence-electron chi connectivity index (χ1n) is 10.1. The van der Waals surface area contributed by atoms with Crippen LogP contribution < -0.4 is 15.8 Å². The van der Waals surface area contributed by atoms with Crippen LogP contribution in [0.2, 0.25) is 0 Å². The van der Waals surface area contributed by atoms with Crippen LogP contribution in [0.5, 0.6) is 5.88 Å². The Kier molecular flexibility index (Phi) is 6.31. The van der Waals surface area contributed by atoms with Crippen LogP contribution >= 0.6 is 0 Å². The van der Waals surface area contributed by atoms with Crippen LogP contribution in [0.25, 0.3) is 11.3 Å². The molecule has 32 heavy (non-hydrogen) atoms. The summed E-state index contributed by atoms with van der Waals surface area (Å²) in [6.45, 7) is 0. The Bertz CT molecular complexity index is 1120. The lowest BCUT2D eigenvalue weighted by molar-refractivity contribution is 0.101. The molecule has 0 atom stereocenters. The van der Waals surface area contributed by atoms with Crippen LogP contribution in [0.3, 0.4) is 0 Å². The van der Waals surface area contributed by atoms with Gasteiger partial charge in [0.2, 0.25) is 5.88 Å². The van der Waals surface area contributed by atoms with Crippen LogP contribution in [0.1, 0.15) is 36.2 Å². The molecule has 1 aromatic carbocycles. The number of hydrogen-bond acceptors (Lipinski definition) is 6. The lowest BCUT2D eigenvalue weighted by Crippen LogP contribution is -2.32. The Hall–Kier alpha value is -3.53. The molecule has 10 heteroatoms. The molecule has 0 aliphatic heterocycles. The molecule has 0 radical (unpaired) electrons. The highest BCUT2D eigenvalue weighted by Gasteiger charge is 2.23. The van der Waals surface area contributed by atoms with Crippen molar-refractivity contribution in [1.29, 1.82) is 0 Å². The molecule has 2 heterocycles. The summed E-state index contributed by atoms with van der Waals surface area (Å²) >= 11 is 0. The van der Waals surface area contributed by atoms with Crippen molar-refractivity contribution in [3.05, 3.63) is 66.0 Å². The standard InChI is InChI=1S/C22H20F3N5O2/c23-14-2-1-3-15(24)19(14)20-16(25)8-9-17(29-20)21(31)30-18-10-27-11-28-22(18)32-13-6-4-12(26)5-7-13/h1-3,8-13H,4-7,26H2,(H,30,31)/t12-,13-. The van der Waals surface area contributed by atoms with Crippen molar-refractivity contribution in [1.82, 2.24) is 15.0 Å². The minimum absolute atomic E-state index is 0.0973. The van der Waals surface area contributed by atoms with Crippen LogP contribution in [-0.4, -0.2) is 33.0 Å². The number of pyridine rings is 1. The van der Waals surface area contributed by atoms with Crippen molar-refractivity contribution >= 4 is 11.6 Å². The Morgan fingerprint density at radius 1 is 1.03 bits per heavy atom. The Balaban J connectivity index is 1.57. The number of halogens is 3. The summed E-state index contributed by atoms with van der Waals surface area (Å²) in [6, 6.07) is 5.30. The van der Waals surface area contributed by atoms with Gasteiger partial charge in [-0.15, -0.1) is 0 Å². The molecule has 3 N–H and O–H groups in total. The zero-order valence-corrected chi connectivity index (χ0v) is 16.9. The number of rotatable bonds is 5. The highest BCUT2D eigenvalue weighted by Crippen LogP contribution is 2.29. The molecule has 1 fully saturated rings. The summed E-state index contributed by atoms with van der Waals surface area (Å²) < 4.78 is 48.4. The number of nitrogens with zero attached hydrogens (tertiary/aromatic N) is 3. The van der Waals surface area contributed by atoms with Crippen molar-refractivity contribution in [3.63, 3.8) is 0 Å². The highest BCUT2D eigenvalue weighted by atomic mass is 19.1. The first-order valence-corrected chi connectivity index (χ1v) is 10.1. The fourth-order valence-electron chi connectivity index (χ4n) is 3.52. The van der Waals surface area contributed by atoms with Crippen molar-refractivity contribution < 1.29 is 22.7 Å². The lowest BCUT2D eigenvalue weighted by Gasteiger charge is -2.26. The highest BCUT2D eigenvalue weighted by molar-refractivity contribution is 6.03. The van der Waals surface area contributed by atoms with E-state index in [1.54, 1.807) is 0 Å². The quantitative estimate of drug-likeness (QED) is 0.621. The summed E-state index contributed by atoms with van der Waals surface area (Å²) in [5, 5.41) is 2.57. The van der Waals surface area contributed by atoms with Crippen molar-refractivity contribution in [2.24, 2.45) is 5.73 Å². The van der Waals surface area contributed by atoms with Crippen LogP contribution in [0.4, 0.5) is 18.9 Å². The summed E-state index contributed by atoms with van der Waals surface area (Å²) in [7, 11) is 0. The number of hydrogen-bond donors (Lipinski definition) is 2. The Morgan fingerprint density at radius 2 is 1.75 bits per heavy atom. The van der Waals surface area contributed by atoms with E-state index < -0.39 is 34.6 Å². The van der Waals surface area contributed by atoms with Gasteiger partial charge in [-0.2, -0.15) is 4.98 Å². The second kappa shape index (κ2) is 9.31. The normalized spacial score (nSPS) is 18.2. The maximum atomic E-state index is 14.3. The monoisotopic (exact) mass is 443 g/mol. The first kappa shape index (κ1) is 21.7. The maximum absolute atomic E-state index is 14.3. The molecular weight excluding hydrogens is 423 g/mol. The number of anilines is 1. The smallest absolute Gasteiger partial charge is 0.274 e. The molecule has 0 unspecified atom stereocenters. The zero-order chi connectivity index (χ0) is 22.7. The predicted molar refractivity (Wildman–Crippen MR) is 110 cm³/mol. The van der Waals surface area contributed by atoms with Gasteiger partial charge >= 0.3 is 0 Å². The van der Waals surface area contributed by atoms with E-state index in [2.05, 4.69) is 20.3 Å². The molecule has 3 aromatic rings. The molecule has 4 rings (SSSR count). The molecule has 1 aliphatic carbocycles. The van der Waals surface area contributed by atoms with E-state index in [0.29, 0.717) is 0 Å². The second-order valence-corrected chi connectivity index (χ2v) is 7.47. The van der Waals surface area contributed by atoms with Gasteiger partial charge in [0.05, 0.1) is 11.8 Å². The van der Waals surface area contributed by atoms with Gasteiger partial charge in [0.25, 0.3) is 5.91 Å². The van der Waals surface area contributed by atoms with E-state index in [9.17, 15) is 18.0 Å². The fraction of sp³-hybridized carbons (Fsp3) is 0.273. The maximum Gasteiger partial charge on any atom is 0.274 e. The van der Waals surface area contributed by atoms with Crippen molar-refractivity contribution in [2.45, 2.75) is 37.8 Å². The van der Waals surface area contributed by atoms with E-state index >= 15 is 0 Å². The van der Waals surface area contributed by atoms with Gasteiger partial charge in [0, 0.05) is 6.04 Å². The van der Waals surface area contributed by atoms with E-state index in [-0.39, 0.29) is 29.4 Å².